The largest absolute Gasteiger partial charge is 0.366 e. The molecule has 1 atom stereocenters. The van der Waals surface area contributed by atoms with E-state index in [1.807, 2.05) is 6.92 Å². The van der Waals surface area contributed by atoms with Crippen LogP contribution in [0.4, 0.5) is 0 Å². The maximum absolute atomic E-state index is 11.5. The molecule has 0 bridgehead atoms. The first kappa shape index (κ1) is 19.5. The lowest BCUT2D eigenvalue weighted by atomic mass is 10.2. The van der Waals surface area contributed by atoms with E-state index >= 15 is 0 Å². The van der Waals surface area contributed by atoms with Gasteiger partial charge in [-0.1, -0.05) is 6.92 Å². The first-order chi connectivity index (χ1) is 8.55. The van der Waals surface area contributed by atoms with Crippen LogP contribution in [-0.4, -0.2) is 51.1 Å². The Morgan fingerprint density at radius 3 is 1.89 bits per heavy atom. The van der Waals surface area contributed by atoms with Crippen LogP contribution in [0.2, 0.25) is 0 Å². The average molecular weight is 313 g/mol. The molecule has 0 heterocycles. The minimum Gasteiger partial charge on any atom is -0.318 e. The summed E-state index contributed by atoms with van der Waals surface area (Å²) in [5.74, 6) is 1.28. The highest BCUT2D eigenvalue weighted by Crippen LogP contribution is 2.74. The Kier molecular flexibility index (Phi) is 8.23. The topological polar surface area (TPSA) is 60.8 Å². The second-order valence-corrected chi connectivity index (χ2v) is 14.3. The van der Waals surface area contributed by atoms with E-state index in [4.69, 9.17) is 0 Å². The van der Waals surface area contributed by atoms with Crippen LogP contribution in [0.15, 0.2) is 0 Å². The summed E-state index contributed by atoms with van der Waals surface area (Å²) in [7, 11) is -1.78. The van der Waals surface area contributed by atoms with Crippen molar-refractivity contribution in [2.45, 2.75) is 59.5 Å². The molecule has 2 N–H and O–H groups in total. The first-order valence-electron chi connectivity index (χ1n) is 7.10. The van der Waals surface area contributed by atoms with Gasteiger partial charge in [0.25, 0.3) is 0 Å². The number of hydrogen-bond acceptors (Lipinski definition) is 2. The molecular weight excluding hydrogens is 281 g/mol. The van der Waals surface area contributed by atoms with Crippen LogP contribution in [0, 0.1) is 0 Å². The maximum Gasteiger partial charge on any atom is 0.366 e. The van der Waals surface area contributed by atoms with Crippen LogP contribution in [0.5, 0.6) is 0 Å². The second-order valence-electron chi connectivity index (χ2n) is 5.84. The molecule has 6 heteroatoms. The SMILES string of the molecule is CCS(C)(CCCCN(C(C)C)C(C)C)P(=O)(O)O. The molecule has 0 spiro atoms. The third-order valence-corrected chi connectivity index (χ3v) is 12.1. The monoisotopic (exact) mass is 313 g/mol. The summed E-state index contributed by atoms with van der Waals surface area (Å²) < 4.78 is 11.5. The van der Waals surface area contributed by atoms with E-state index in [9.17, 15) is 14.4 Å². The molecule has 0 aliphatic rings. The van der Waals surface area contributed by atoms with Crippen LogP contribution in [0.1, 0.15) is 47.5 Å². The molecular formula is C13H32NO3PS. The van der Waals surface area contributed by atoms with Gasteiger partial charge in [0.2, 0.25) is 0 Å². The molecule has 4 nitrogen and oxygen atoms in total. The van der Waals surface area contributed by atoms with E-state index in [1.54, 1.807) is 6.26 Å². The molecule has 1 unspecified atom stereocenters. The summed E-state index contributed by atoms with van der Waals surface area (Å²) in [5, 5.41) is 0. The van der Waals surface area contributed by atoms with Crippen molar-refractivity contribution in [2.24, 2.45) is 0 Å². The molecule has 0 radical (unpaired) electrons. The normalized spacial score (nSPS) is 18.1. The summed E-state index contributed by atoms with van der Waals surface area (Å²) in [6, 6.07) is 1.04. The van der Waals surface area contributed by atoms with E-state index in [2.05, 4.69) is 32.6 Å². The van der Waals surface area contributed by atoms with Crippen molar-refractivity contribution in [1.29, 1.82) is 0 Å². The van der Waals surface area contributed by atoms with Crippen molar-refractivity contribution in [1.82, 2.24) is 4.90 Å². The standard InChI is InChI=1S/C13H32NO3PS/c1-7-19(6,18(15,16)17)11-9-8-10-14(12(2)3)13(4)5/h12-13H,7-11H2,1-6H3,(H2,15,16,17). The Balaban J connectivity index is 4.26. The highest BCUT2D eigenvalue weighted by Gasteiger charge is 2.34. The fraction of sp³-hybridized carbons (Fsp3) is 1.00. The van der Waals surface area contributed by atoms with E-state index in [0.29, 0.717) is 23.6 Å². The molecule has 0 rings (SSSR count). The van der Waals surface area contributed by atoms with Crippen LogP contribution >= 0.6 is 16.4 Å². The lowest BCUT2D eigenvalue weighted by molar-refractivity contribution is 0.172. The van der Waals surface area contributed by atoms with E-state index in [-0.39, 0.29) is 0 Å². The molecule has 0 saturated carbocycles. The third kappa shape index (κ3) is 6.17. The van der Waals surface area contributed by atoms with Crippen molar-refractivity contribution in [3.63, 3.8) is 0 Å². The fourth-order valence-electron chi connectivity index (χ4n) is 2.25. The van der Waals surface area contributed by atoms with Crippen LogP contribution in [-0.2, 0) is 4.57 Å². The predicted octanol–water partition coefficient (Wildman–Crippen LogP) is 3.43. The van der Waals surface area contributed by atoms with Crippen molar-refractivity contribution in [3.05, 3.63) is 0 Å². The van der Waals surface area contributed by atoms with Crippen molar-refractivity contribution >= 4 is 16.4 Å². The van der Waals surface area contributed by atoms with Gasteiger partial charge in [-0.25, -0.2) is 4.57 Å². The molecule has 0 aliphatic carbocycles. The number of rotatable bonds is 9. The summed E-state index contributed by atoms with van der Waals surface area (Å²) >= 11 is 0. The van der Waals surface area contributed by atoms with Gasteiger partial charge in [-0.2, -0.15) is 0 Å². The molecule has 0 aliphatic heterocycles. The molecule has 0 amide bonds. The van der Waals surface area contributed by atoms with Gasteiger partial charge in [-0.15, -0.1) is 9.65 Å². The molecule has 0 aromatic heterocycles. The fourth-order valence-corrected chi connectivity index (χ4v) is 6.05. The molecule has 0 fully saturated rings. The van der Waals surface area contributed by atoms with Gasteiger partial charge in [0.15, 0.2) is 0 Å². The van der Waals surface area contributed by atoms with Gasteiger partial charge in [0, 0.05) is 12.1 Å². The second kappa shape index (κ2) is 8.04. The Hall–Kier alpha value is 0.460. The first-order valence-corrected chi connectivity index (χ1v) is 11.7. The van der Waals surface area contributed by atoms with Crippen molar-refractivity contribution in [2.75, 3.05) is 24.3 Å². The van der Waals surface area contributed by atoms with E-state index in [0.717, 1.165) is 19.4 Å². The summed E-state index contributed by atoms with van der Waals surface area (Å²) in [5.41, 5.74) is 0. The minimum absolute atomic E-state index is 0.520. The summed E-state index contributed by atoms with van der Waals surface area (Å²) in [6.07, 6.45) is 3.70. The van der Waals surface area contributed by atoms with E-state index in [1.165, 1.54) is 0 Å². The van der Waals surface area contributed by atoms with Gasteiger partial charge in [0.05, 0.1) is 0 Å². The summed E-state index contributed by atoms with van der Waals surface area (Å²) in [4.78, 5) is 21.3. The molecule has 118 valence electrons. The van der Waals surface area contributed by atoms with Gasteiger partial charge in [-0.05, 0) is 64.8 Å². The number of unbranched alkanes of at least 4 members (excludes halogenated alkanes) is 1. The smallest absolute Gasteiger partial charge is 0.318 e. The maximum atomic E-state index is 11.5. The Morgan fingerprint density at radius 1 is 1.11 bits per heavy atom. The Labute approximate surface area is 120 Å². The van der Waals surface area contributed by atoms with Gasteiger partial charge in [0.1, 0.15) is 0 Å². The Bertz CT molecular complexity index is 298. The molecule has 19 heavy (non-hydrogen) atoms. The molecule has 0 saturated heterocycles. The zero-order valence-corrected chi connectivity index (χ0v) is 15.0. The van der Waals surface area contributed by atoms with Crippen molar-refractivity contribution < 1.29 is 14.4 Å². The molecule has 0 aromatic carbocycles. The minimum atomic E-state index is -3.92. The van der Waals surface area contributed by atoms with Gasteiger partial charge >= 0.3 is 6.80 Å². The number of nitrogens with zero attached hydrogens (tertiary/aromatic N) is 1. The lowest BCUT2D eigenvalue weighted by Gasteiger charge is -2.35. The predicted molar refractivity (Wildman–Crippen MR) is 87.2 cm³/mol. The van der Waals surface area contributed by atoms with Gasteiger partial charge < -0.3 is 9.79 Å². The highest BCUT2D eigenvalue weighted by atomic mass is 32.8. The van der Waals surface area contributed by atoms with Crippen LogP contribution in [0.3, 0.4) is 0 Å². The Morgan fingerprint density at radius 2 is 1.58 bits per heavy atom. The number of hydrogen-bond donors (Lipinski definition) is 2. The van der Waals surface area contributed by atoms with Gasteiger partial charge in [-0.3, -0.25) is 4.90 Å². The lowest BCUT2D eigenvalue weighted by Crippen LogP contribution is -2.37. The van der Waals surface area contributed by atoms with Crippen LogP contribution < -0.4 is 0 Å². The average Bonchev–Trinajstić information content (AvgIpc) is 2.25. The zero-order chi connectivity index (χ0) is 15.3. The highest BCUT2D eigenvalue weighted by molar-refractivity contribution is 8.76. The third-order valence-electron chi connectivity index (χ3n) is 3.77. The van der Waals surface area contributed by atoms with Crippen molar-refractivity contribution in [3.8, 4) is 0 Å². The summed E-state index contributed by atoms with van der Waals surface area (Å²) in [6.45, 7) is 7.75. The molecule has 0 aromatic rings. The zero-order valence-electron chi connectivity index (χ0n) is 13.3. The van der Waals surface area contributed by atoms with E-state index < -0.39 is 16.4 Å². The van der Waals surface area contributed by atoms with Crippen LogP contribution in [0.25, 0.3) is 0 Å². The quantitative estimate of drug-likeness (QED) is 0.506.